The number of alkyl halides is 2. The lowest BCUT2D eigenvalue weighted by molar-refractivity contribution is -0.192. The average Bonchev–Trinajstić information content (AvgIpc) is 2.57. The number of halogens is 2. The molecule has 1 heterocycles. The van der Waals surface area contributed by atoms with E-state index >= 15 is 0 Å². The average molecular weight is 393 g/mol. The Morgan fingerprint density at radius 2 is 1.96 bits per heavy atom. The maximum absolute atomic E-state index is 12.7. The van der Waals surface area contributed by atoms with Gasteiger partial charge in [0.2, 0.25) is 5.44 Å². The smallest absolute Gasteiger partial charge is 0.387 e. The van der Waals surface area contributed by atoms with Crippen molar-refractivity contribution in [3.05, 3.63) is 29.8 Å². The van der Waals surface area contributed by atoms with Gasteiger partial charge in [-0.3, -0.25) is 4.79 Å². The SMILES string of the molecule is CCOC1O[C@H](S(=O)(=O)Cc2ccccc2OC(F)F)C(=O)N[C@H]1CC. The van der Waals surface area contributed by atoms with Gasteiger partial charge in [-0.2, -0.15) is 8.78 Å². The van der Waals surface area contributed by atoms with Gasteiger partial charge in [0.25, 0.3) is 5.91 Å². The Morgan fingerprint density at radius 3 is 2.58 bits per heavy atom. The molecular weight excluding hydrogens is 372 g/mol. The second-order valence-electron chi connectivity index (χ2n) is 5.61. The first-order valence-corrected chi connectivity index (χ1v) is 9.81. The molecule has 1 saturated heterocycles. The van der Waals surface area contributed by atoms with E-state index in [0.717, 1.165) is 0 Å². The number of rotatable bonds is 8. The molecule has 1 aromatic carbocycles. The van der Waals surface area contributed by atoms with Gasteiger partial charge >= 0.3 is 6.61 Å². The van der Waals surface area contributed by atoms with E-state index in [1.54, 1.807) is 13.8 Å². The summed E-state index contributed by atoms with van der Waals surface area (Å²) in [6.45, 7) is 0.691. The summed E-state index contributed by atoms with van der Waals surface area (Å²) in [5, 5.41) is 2.57. The van der Waals surface area contributed by atoms with Crippen LogP contribution >= 0.6 is 0 Å². The molecule has 0 spiro atoms. The molecule has 0 aromatic heterocycles. The number of sulfone groups is 1. The Labute approximate surface area is 150 Å². The molecule has 10 heteroatoms. The number of nitrogens with one attached hydrogen (secondary N) is 1. The quantitative estimate of drug-likeness (QED) is 0.725. The molecule has 0 bridgehead atoms. The van der Waals surface area contributed by atoms with Crippen LogP contribution in [0.4, 0.5) is 8.78 Å². The van der Waals surface area contributed by atoms with Crippen molar-refractivity contribution in [1.82, 2.24) is 5.32 Å². The van der Waals surface area contributed by atoms with Crippen LogP contribution in [0.2, 0.25) is 0 Å². The second kappa shape index (κ2) is 8.74. The van der Waals surface area contributed by atoms with Crippen molar-refractivity contribution < 1.29 is 36.2 Å². The molecule has 3 atom stereocenters. The normalized spacial score (nSPS) is 23.7. The monoisotopic (exact) mass is 393 g/mol. The third kappa shape index (κ3) is 4.89. The third-order valence-corrected chi connectivity index (χ3v) is 5.46. The van der Waals surface area contributed by atoms with Crippen molar-refractivity contribution in [2.75, 3.05) is 6.61 Å². The fraction of sp³-hybridized carbons (Fsp3) is 0.562. The van der Waals surface area contributed by atoms with Crippen molar-refractivity contribution in [2.45, 2.75) is 50.4 Å². The molecule has 1 unspecified atom stereocenters. The maximum Gasteiger partial charge on any atom is 0.387 e. The van der Waals surface area contributed by atoms with E-state index in [4.69, 9.17) is 9.47 Å². The first-order valence-electron chi connectivity index (χ1n) is 8.10. The standard InChI is InChI=1S/C16H21F2NO6S/c1-3-11-14(23-4-2)25-15(13(20)19-11)26(21,22)9-10-7-5-6-8-12(10)24-16(17)18/h5-8,11,14-16H,3-4,9H2,1-2H3,(H,19,20)/t11-,14?,15+/m0/s1. The lowest BCUT2D eigenvalue weighted by Crippen LogP contribution is -2.59. The van der Waals surface area contributed by atoms with Crippen LogP contribution in [0.5, 0.6) is 5.75 Å². The number of carbonyl (C=O) groups is 1. The van der Waals surface area contributed by atoms with E-state index in [1.165, 1.54) is 24.3 Å². The van der Waals surface area contributed by atoms with Crippen LogP contribution in [0.1, 0.15) is 25.8 Å². The van der Waals surface area contributed by atoms with E-state index in [1.807, 2.05) is 0 Å². The minimum Gasteiger partial charge on any atom is -0.435 e. The summed E-state index contributed by atoms with van der Waals surface area (Å²) in [4.78, 5) is 12.2. The lowest BCUT2D eigenvalue weighted by atomic mass is 10.2. The highest BCUT2D eigenvalue weighted by molar-refractivity contribution is 7.91. The fourth-order valence-electron chi connectivity index (χ4n) is 2.59. The molecule has 1 aliphatic heterocycles. The predicted molar refractivity (Wildman–Crippen MR) is 88.2 cm³/mol. The summed E-state index contributed by atoms with van der Waals surface area (Å²) in [7, 11) is -4.17. The highest BCUT2D eigenvalue weighted by atomic mass is 32.2. The Morgan fingerprint density at radius 1 is 1.27 bits per heavy atom. The summed E-state index contributed by atoms with van der Waals surface area (Å²) < 4.78 is 65.4. The Bertz CT molecular complexity index is 727. The highest BCUT2D eigenvalue weighted by Gasteiger charge is 2.43. The van der Waals surface area contributed by atoms with Crippen LogP contribution in [-0.2, 0) is 29.9 Å². The van der Waals surface area contributed by atoms with Gasteiger partial charge in [0, 0.05) is 12.2 Å². The van der Waals surface area contributed by atoms with Crippen LogP contribution in [0.25, 0.3) is 0 Å². The van der Waals surface area contributed by atoms with Crippen molar-refractivity contribution in [3.63, 3.8) is 0 Å². The Balaban J connectivity index is 2.23. The van der Waals surface area contributed by atoms with Gasteiger partial charge in [0.15, 0.2) is 16.1 Å². The number of morpholine rings is 1. The van der Waals surface area contributed by atoms with Gasteiger partial charge in [-0.1, -0.05) is 25.1 Å². The summed E-state index contributed by atoms with van der Waals surface area (Å²) >= 11 is 0. The van der Waals surface area contributed by atoms with Crippen molar-refractivity contribution >= 4 is 15.7 Å². The Hall–Kier alpha value is -1.78. The van der Waals surface area contributed by atoms with E-state index in [-0.39, 0.29) is 17.9 Å². The zero-order chi connectivity index (χ0) is 19.3. The first kappa shape index (κ1) is 20.5. The van der Waals surface area contributed by atoms with Crippen LogP contribution in [0, 0.1) is 0 Å². The first-order chi connectivity index (χ1) is 12.3. The third-order valence-electron chi connectivity index (χ3n) is 3.77. The van der Waals surface area contributed by atoms with Gasteiger partial charge < -0.3 is 19.5 Å². The number of ether oxygens (including phenoxy) is 3. The molecule has 26 heavy (non-hydrogen) atoms. The van der Waals surface area contributed by atoms with Crippen LogP contribution in [0.15, 0.2) is 24.3 Å². The largest absolute Gasteiger partial charge is 0.435 e. The van der Waals surface area contributed by atoms with E-state index in [0.29, 0.717) is 6.42 Å². The molecule has 1 aromatic rings. The molecule has 0 radical (unpaired) electrons. The number of hydrogen-bond donors (Lipinski definition) is 1. The molecular formula is C16H21F2NO6S. The predicted octanol–water partition coefficient (Wildman–Crippen LogP) is 1.82. The van der Waals surface area contributed by atoms with Crippen LogP contribution in [0.3, 0.4) is 0 Å². The zero-order valence-electron chi connectivity index (χ0n) is 14.4. The van der Waals surface area contributed by atoms with Crippen LogP contribution < -0.4 is 10.1 Å². The second-order valence-corrected chi connectivity index (χ2v) is 7.65. The molecule has 1 aliphatic rings. The maximum atomic E-state index is 12.7. The molecule has 0 saturated carbocycles. The van der Waals surface area contributed by atoms with E-state index < -0.39 is 45.9 Å². The van der Waals surface area contributed by atoms with Crippen molar-refractivity contribution in [2.24, 2.45) is 0 Å². The summed E-state index contributed by atoms with van der Waals surface area (Å²) in [5.41, 5.74) is -1.78. The van der Waals surface area contributed by atoms with Crippen molar-refractivity contribution in [1.29, 1.82) is 0 Å². The molecule has 7 nitrogen and oxygen atoms in total. The summed E-state index contributed by atoms with van der Waals surface area (Å²) in [5.74, 6) is -1.76. The molecule has 1 amide bonds. The van der Waals surface area contributed by atoms with E-state index in [9.17, 15) is 22.0 Å². The van der Waals surface area contributed by atoms with Gasteiger partial charge in [-0.15, -0.1) is 0 Å². The minimum absolute atomic E-state index is 0.00905. The number of benzene rings is 1. The number of amides is 1. The van der Waals surface area contributed by atoms with Gasteiger partial charge in [0.05, 0.1) is 11.8 Å². The van der Waals surface area contributed by atoms with Gasteiger partial charge in [-0.25, -0.2) is 8.42 Å². The Kier molecular flexibility index (Phi) is 6.90. The lowest BCUT2D eigenvalue weighted by Gasteiger charge is -2.35. The van der Waals surface area contributed by atoms with Gasteiger partial charge in [0.1, 0.15) is 5.75 Å². The molecule has 0 aliphatic carbocycles. The number of hydrogen-bond acceptors (Lipinski definition) is 6. The number of carbonyl (C=O) groups excluding carboxylic acids is 1. The topological polar surface area (TPSA) is 90.9 Å². The summed E-state index contributed by atoms with van der Waals surface area (Å²) in [6, 6.07) is 5.03. The number of para-hydroxylation sites is 1. The van der Waals surface area contributed by atoms with Crippen molar-refractivity contribution in [3.8, 4) is 5.75 Å². The van der Waals surface area contributed by atoms with Gasteiger partial charge in [-0.05, 0) is 19.4 Å². The van der Waals surface area contributed by atoms with E-state index in [2.05, 4.69) is 10.1 Å². The molecule has 1 fully saturated rings. The molecule has 146 valence electrons. The minimum atomic E-state index is -4.17. The fourth-order valence-corrected chi connectivity index (χ4v) is 4.08. The molecule has 1 N–H and O–H groups in total. The molecule has 2 rings (SSSR count). The zero-order valence-corrected chi connectivity index (χ0v) is 15.2. The highest BCUT2D eigenvalue weighted by Crippen LogP contribution is 2.26. The summed E-state index contributed by atoms with van der Waals surface area (Å²) in [6.07, 6.45) is -0.413. The van der Waals surface area contributed by atoms with Crippen LogP contribution in [-0.4, -0.2) is 45.3 Å².